The van der Waals surface area contributed by atoms with Gasteiger partial charge in [-0.2, -0.15) is 0 Å². The first-order valence-electron chi connectivity index (χ1n) is 5.96. The van der Waals surface area contributed by atoms with Crippen molar-refractivity contribution < 1.29 is 9.53 Å². The van der Waals surface area contributed by atoms with Gasteiger partial charge in [-0.15, -0.1) is 0 Å². The summed E-state index contributed by atoms with van der Waals surface area (Å²) in [7, 11) is 0. The van der Waals surface area contributed by atoms with Gasteiger partial charge in [0.2, 0.25) is 0 Å². The van der Waals surface area contributed by atoms with Crippen LogP contribution in [0.15, 0.2) is 0 Å². The monoisotopic (exact) mass is 229 g/mol. The van der Waals surface area contributed by atoms with Gasteiger partial charge in [0.05, 0.1) is 18.8 Å². The summed E-state index contributed by atoms with van der Waals surface area (Å²) in [6.45, 7) is 8.48. The lowest BCUT2D eigenvalue weighted by atomic mass is 10.0. The quantitative estimate of drug-likeness (QED) is 0.408. The van der Waals surface area contributed by atoms with Gasteiger partial charge < -0.3 is 4.74 Å². The van der Waals surface area contributed by atoms with Crippen molar-refractivity contribution in [3.8, 4) is 0 Å². The second-order valence-corrected chi connectivity index (χ2v) is 4.59. The zero-order valence-electron chi connectivity index (χ0n) is 10.4. The molecule has 0 aliphatic carbocycles. The smallest absolute Gasteiger partial charge is 0.251 e. The number of hydrogen-bond acceptors (Lipinski definition) is 4. The largest absolute Gasteiger partial charge is 0.376 e. The Morgan fingerprint density at radius 3 is 2.81 bits per heavy atom. The van der Waals surface area contributed by atoms with E-state index in [1.807, 2.05) is 13.8 Å². The number of hydrogen-bond donors (Lipinski definition) is 2. The van der Waals surface area contributed by atoms with Crippen LogP contribution in [0.5, 0.6) is 0 Å². The molecule has 0 saturated carbocycles. The van der Waals surface area contributed by atoms with E-state index in [4.69, 9.17) is 10.6 Å². The van der Waals surface area contributed by atoms with Crippen LogP contribution in [0.1, 0.15) is 27.2 Å². The van der Waals surface area contributed by atoms with E-state index >= 15 is 0 Å². The number of nitrogens with zero attached hydrogens (tertiary/aromatic N) is 1. The molecular weight excluding hydrogens is 206 g/mol. The fraction of sp³-hybridized carbons (Fsp3) is 0.909. The molecule has 3 N–H and O–H groups in total. The second kappa shape index (κ2) is 6.18. The van der Waals surface area contributed by atoms with Crippen LogP contribution in [0.25, 0.3) is 0 Å². The van der Waals surface area contributed by atoms with E-state index in [0.29, 0.717) is 6.61 Å². The standard InChI is InChI=1S/C11H23N3O2/c1-4-9-7-14(5-6-16-9)10(8(2)3)11(15)13-12/h8-10H,4-7,12H2,1-3H3,(H,13,15). The minimum absolute atomic E-state index is 0.105. The van der Waals surface area contributed by atoms with Crippen LogP contribution in [-0.4, -0.2) is 42.6 Å². The predicted octanol–water partition coefficient (Wildman–Crippen LogP) is 0.112. The number of rotatable bonds is 4. The Kier molecular flexibility index (Phi) is 5.18. The van der Waals surface area contributed by atoms with Crippen LogP contribution in [-0.2, 0) is 9.53 Å². The summed E-state index contributed by atoms with van der Waals surface area (Å²) in [6.07, 6.45) is 1.21. The van der Waals surface area contributed by atoms with Gasteiger partial charge in [-0.3, -0.25) is 15.1 Å². The molecule has 0 aromatic heterocycles. The Bertz CT molecular complexity index is 233. The van der Waals surface area contributed by atoms with Gasteiger partial charge in [0, 0.05) is 13.1 Å². The molecule has 2 unspecified atom stereocenters. The molecule has 1 aliphatic heterocycles. The van der Waals surface area contributed by atoms with E-state index in [1.165, 1.54) is 0 Å². The molecule has 1 aliphatic rings. The molecule has 5 nitrogen and oxygen atoms in total. The van der Waals surface area contributed by atoms with Gasteiger partial charge in [0.1, 0.15) is 0 Å². The molecular formula is C11H23N3O2. The van der Waals surface area contributed by atoms with Crippen LogP contribution in [0, 0.1) is 5.92 Å². The molecule has 94 valence electrons. The molecule has 0 aromatic carbocycles. The highest BCUT2D eigenvalue weighted by molar-refractivity contribution is 5.81. The van der Waals surface area contributed by atoms with Gasteiger partial charge in [-0.25, -0.2) is 5.84 Å². The zero-order chi connectivity index (χ0) is 12.1. The fourth-order valence-electron chi connectivity index (χ4n) is 2.22. The van der Waals surface area contributed by atoms with E-state index in [1.54, 1.807) is 0 Å². The minimum atomic E-state index is -0.150. The zero-order valence-corrected chi connectivity index (χ0v) is 10.4. The Hall–Kier alpha value is -0.650. The molecule has 1 rings (SSSR count). The lowest BCUT2D eigenvalue weighted by Crippen LogP contribution is -2.56. The van der Waals surface area contributed by atoms with E-state index in [0.717, 1.165) is 19.5 Å². The van der Waals surface area contributed by atoms with Crippen LogP contribution in [0.3, 0.4) is 0 Å². The van der Waals surface area contributed by atoms with E-state index in [2.05, 4.69) is 17.2 Å². The van der Waals surface area contributed by atoms with Crippen molar-refractivity contribution in [3.63, 3.8) is 0 Å². The minimum Gasteiger partial charge on any atom is -0.376 e. The molecule has 5 heteroatoms. The average molecular weight is 229 g/mol. The number of ether oxygens (including phenoxy) is 1. The van der Waals surface area contributed by atoms with Crippen molar-refractivity contribution in [1.82, 2.24) is 10.3 Å². The third-order valence-electron chi connectivity index (χ3n) is 3.06. The Labute approximate surface area is 97.3 Å². The van der Waals surface area contributed by atoms with Crippen molar-refractivity contribution in [2.24, 2.45) is 11.8 Å². The van der Waals surface area contributed by atoms with Gasteiger partial charge in [-0.05, 0) is 12.3 Å². The highest BCUT2D eigenvalue weighted by Crippen LogP contribution is 2.16. The third kappa shape index (κ3) is 3.17. The molecule has 0 radical (unpaired) electrons. The van der Waals surface area contributed by atoms with Gasteiger partial charge >= 0.3 is 0 Å². The molecule has 16 heavy (non-hydrogen) atoms. The fourth-order valence-corrected chi connectivity index (χ4v) is 2.22. The van der Waals surface area contributed by atoms with E-state index < -0.39 is 0 Å². The summed E-state index contributed by atoms with van der Waals surface area (Å²) in [5, 5.41) is 0. The van der Waals surface area contributed by atoms with Gasteiger partial charge in [0.25, 0.3) is 5.91 Å². The van der Waals surface area contributed by atoms with Gasteiger partial charge in [-0.1, -0.05) is 20.8 Å². The number of hydrazine groups is 1. The first-order chi connectivity index (χ1) is 7.60. The molecule has 1 amide bonds. The van der Waals surface area contributed by atoms with Crippen LogP contribution in [0.4, 0.5) is 0 Å². The lowest BCUT2D eigenvalue weighted by molar-refractivity contribution is -0.132. The average Bonchev–Trinajstić information content (AvgIpc) is 2.29. The molecule has 1 fully saturated rings. The summed E-state index contributed by atoms with van der Waals surface area (Å²) < 4.78 is 5.60. The Balaban J connectivity index is 2.66. The van der Waals surface area contributed by atoms with Crippen LogP contribution < -0.4 is 11.3 Å². The van der Waals surface area contributed by atoms with Crippen molar-refractivity contribution in [3.05, 3.63) is 0 Å². The predicted molar refractivity (Wildman–Crippen MR) is 62.6 cm³/mol. The summed E-state index contributed by atoms with van der Waals surface area (Å²) in [5.41, 5.74) is 2.26. The molecule has 0 spiro atoms. The van der Waals surface area contributed by atoms with Crippen molar-refractivity contribution in [2.45, 2.75) is 39.3 Å². The molecule has 1 heterocycles. The summed E-state index contributed by atoms with van der Waals surface area (Å²) in [4.78, 5) is 13.9. The van der Waals surface area contributed by atoms with Crippen molar-refractivity contribution in [2.75, 3.05) is 19.7 Å². The third-order valence-corrected chi connectivity index (χ3v) is 3.06. The first-order valence-corrected chi connectivity index (χ1v) is 5.96. The summed E-state index contributed by atoms with van der Waals surface area (Å²) in [5.74, 6) is 5.37. The number of carbonyl (C=O) groups excluding carboxylic acids is 1. The maximum atomic E-state index is 11.7. The van der Waals surface area contributed by atoms with Gasteiger partial charge in [0.15, 0.2) is 0 Å². The maximum absolute atomic E-state index is 11.7. The SMILES string of the molecule is CCC1CN(C(C(=O)NN)C(C)C)CCO1. The van der Waals surface area contributed by atoms with Crippen LogP contribution in [0.2, 0.25) is 0 Å². The summed E-state index contributed by atoms with van der Waals surface area (Å²) in [6, 6.07) is -0.150. The number of nitrogens with one attached hydrogen (secondary N) is 1. The summed E-state index contributed by atoms with van der Waals surface area (Å²) >= 11 is 0. The lowest BCUT2D eigenvalue weighted by Gasteiger charge is -2.38. The van der Waals surface area contributed by atoms with Crippen molar-refractivity contribution in [1.29, 1.82) is 0 Å². The molecule has 0 aromatic rings. The van der Waals surface area contributed by atoms with E-state index in [9.17, 15) is 4.79 Å². The number of carbonyl (C=O) groups is 1. The number of amides is 1. The molecule has 2 atom stereocenters. The normalized spacial score (nSPS) is 24.4. The van der Waals surface area contributed by atoms with Crippen LogP contribution >= 0.6 is 0 Å². The highest BCUT2D eigenvalue weighted by Gasteiger charge is 2.32. The molecule has 0 bridgehead atoms. The number of morpholine rings is 1. The topological polar surface area (TPSA) is 67.6 Å². The van der Waals surface area contributed by atoms with Crippen molar-refractivity contribution >= 4 is 5.91 Å². The second-order valence-electron chi connectivity index (χ2n) is 4.59. The molecule has 1 saturated heterocycles. The highest BCUT2D eigenvalue weighted by atomic mass is 16.5. The Morgan fingerprint density at radius 2 is 2.31 bits per heavy atom. The maximum Gasteiger partial charge on any atom is 0.251 e. The number of nitrogens with two attached hydrogens (primary N) is 1. The Morgan fingerprint density at radius 1 is 1.62 bits per heavy atom. The first kappa shape index (κ1) is 13.4. The van der Waals surface area contributed by atoms with E-state index in [-0.39, 0.29) is 24.0 Å².